The molecule has 1 nitrogen and oxygen atoms in total. The number of rotatable bonds is 4. The standard InChI is InChI=1S/C16H17N/c1-2-8-16(17)15-12-7-6-11-14(15)13-9-4-3-5-10-13/h3-7,9-12,17H,2,8H2,1H3. The molecule has 0 unspecified atom stereocenters. The lowest BCUT2D eigenvalue weighted by Crippen LogP contribution is -2.00. The summed E-state index contributed by atoms with van der Waals surface area (Å²) in [6.07, 6.45) is 1.85. The van der Waals surface area contributed by atoms with Crippen molar-refractivity contribution in [3.63, 3.8) is 0 Å². The lowest BCUT2D eigenvalue weighted by atomic mass is 9.95. The summed E-state index contributed by atoms with van der Waals surface area (Å²) in [4.78, 5) is 0. The molecule has 86 valence electrons. The third-order valence-electron chi connectivity index (χ3n) is 2.84. The third kappa shape index (κ3) is 2.62. The molecule has 2 rings (SSSR count). The van der Waals surface area contributed by atoms with E-state index in [1.165, 1.54) is 5.56 Å². The SMILES string of the molecule is CCCC(=N)c1ccccc1-c1ccccc1. The highest BCUT2D eigenvalue weighted by molar-refractivity contribution is 6.03. The van der Waals surface area contributed by atoms with Gasteiger partial charge in [-0.3, -0.25) is 0 Å². The normalized spacial score (nSPS) is 10.2. The first-order valence-electron chi connectivity index (χ1n) is 6.05. The van der Waals surface area contributed by atoms with Crippen molar-refractivity contribution in [1.82, 2.24) is 0 Å². The molecule has 0 aromatic heterocycles. The summed E-state index contributed by atoms with van der Waals surface area (Å²) >= 11 is 0. The quantitative estimate of drug-likeness (QED) is 0.737. The summed E-state index contributed by atoms with van der Waals surface area (Å²) < 4.78 is 0. The second-order valence-corrected chi connectivity index (χ2v) is 4.14. The summed E-state index contributed by atoms with van der Waals surface area (Å²) in [7, 11) is 0. The van der Waals surface area contributed by atoms with Gasteiger partial charge in [0.1, 0.15) is 0 Å². The monoisotopic (exact) mass is 223 g/mol. The zero-order valence-electron chi connectivity index (χ0n) is 10.1. The van der Waals surface area contributed by atoms with Crippen molar-refractivity contribution in [3.8, 4) is 11.1 Å². The van der Waals surface area contributed by atoms with E-state index in [2.05, 4.69) is 25.1 Å². The summed E-state index contributed by atoms with van der Waals surface area (Å²) in [6.45, 7) is 2.11. The van der Waals surface area contributed by atoms with Crippen molar-refractivity contribution in [2.75, 3.05) is 0 Å². The number of benzene rings is 2. The predicted octanol–water partition coefficient (Wildman–Crippen LogP) is 4.52. The fourth-order valence-corrected chi connectivity index (χ4v) is 2.00. The first-order chi connectivity index (χ1) is 8.33. The molecule has 0 heterocycles. The molecule has 0 radical (unpaired) electrons. The van der Waals surface area contributed by atoms with E-state index in [9.17, 15) is 0 Å². The zero-order chi connectivity index (χ0) is 12.1. The van der Waals surface area contributed by atoms with E-state index in [0.29, 0.717) is 0 Å². The van der Waals surface area contributed by atoms with Crippen molar-refractivity contribution < 1.29 is 0 Å². The van der Waals surface area contributed by atoms with Gasteiger partial charge in [-0.2, -0.15) is 0 Å². The van der Waals surface area contributed by atoms with Gasteiger partial charge in [-0.15, -0.1) is 0 Å². The van der Waals surface area contributed by atoms with Gasteiger partial charge in [0, 0.05) is 11.3 Å². The number of hydrogen-bond acceptors (Lipinski definition) is 1. The Morgan fingerprint density at radius 2 is 1.59 bits per heavy atom. The molecule has 0 saturated carbocycles. The minimum absolute atomic E-state index is 0.729. The van der Waals surface area contributed by atoms with Crippen molar-refractivity contribution in [3.05, 3.63) is 60.2 Å². The van der Waals surface area contributed by atoms with Crippen molar-refractivity contribution >= 4 is 5.71 Å². The highest BCUT2D eigenvalue weighted by atomic mass is 14.4. The summed E-state index contributed by atoms with van der Waals surface area (Å²) in [5, 5.41) is 8.12. The van der Waals surface area contributed by atoms with Crippen LogP contribution in [0.1, 0.15) is 25.3 Å². The molecule has 0 aliphatic rings. The van der Waals surface area contributed by atoms with Crippen LogP contribution in [0.5, 0.6) is 0 Å². The Balaban J connectivity index is 2.45. The van der Waals surface area contributed by atoms with Crippen molar-refractivity contribution in [1.29, 1.82) is 5.41 Å². The first-order valence-corrected chi connectivity index (χ1v) is 6.05. The molecule has 0 amide bonds. The number of nitrogens with one attached hydrogen (secondary N) is 1. The Kier molecular flexibility index (Phi) is 3.71. The molecule has 2 aromatic carbocycles. The van der Waals surface area contributed by atoms with Crippen LogP contribution < -0.4 is 0 Å². The van der Waals surface area contributed by atoms with Gasteiger partial charge in [-0.05, 0) is 17.5 Å². The van der Waals surface area contributed by atoms with Gasteiger partial charge < -0.3 is 5.41 Å². The molecule has 17 heavy (non-hydrogen) atoms. The van der Waals surface area contributed by atoms with Crippen LogP contribution >= 0.6 is 0 Å². The van der Waals surface area contributed by atoms with Crippen molar-refractivity contribution in [2.24, 2.45) is 0 Å². The van der Waals surface area contributed by atoms with E-state index in [-0.39, 0.29) is 0 Å². The average molecular weight is 223 g/mol. The molecule has 0 spiro atoms. The van der Waals surface area contributed by atoms with Crippen LogP contribution in [0.3, 0.4) is 0 Å². The minimum atomic E-state index is 0.729. The topological polar surface area (TPSA) is 23.9 Å². The van der Waals surface area contributed by atoms with E-state index in [0.717, 1.165) is 29.7 Å². The van der Waals surface area contributed by atoms with E-state index >= 15 is 0 Å². The van der Waals surface area contributed by atoms with Crippen LogP contribution in [0.2, 0.25) is 0 Å². The van der Waals surface area contributed by atoms with Gasteiger partial charge >= 0.3 is 0 Å². The van der Waals surface area contributed by atoms with E-state index in [1.807, 2.05) is 36.4 Å². The van der Waals surface area contributed by atoms with Gasteiger partial charge in [0.2, 0.25) is 0 Å². The van der Waals surface area contributed by atoms with Crippen LogP contribution in [0.25, 0.3) is 11.1 Å². The Morgan fingerprint density at radius 1 is 0.941 bits per heavy atom. The molecule has 0 saturated heterocycles. The minimum Gasteiger partial charge on any atom is -0.305 e. The molecule has 1 N–H and O–H groups in total. The van der Waals surface area contributed by atoms with E-state index in [1.54, 1.807) is 0 Å². The van der Waals surface area contributed by atoms with Gasteiger partial charge in [0.15, 0.2) is 0 Å². The molecule has 1 heteroatoms. The van der Waals surface area contributed by atoms with Gasteiger partial charge in [-0.1, -0.05) is 67.9 Å². The average Bonchev–Trinajstić information content (AvgIpc) is 2.40. The third-order valence-corrected chi connectivity index (χ3v) is 2.84. The van der Waals surface area contributed by atoms with E-state index in [4.69, 9.17) is 5.41 Å². The van der Waals surface area contributed by atoms with E-state index < -0.39 is 0 Å². The summed E-state index contributed by atoms with van der Waals surface area (Å²) in [5.74, 6) is 0. The largest absolute Gasteiger partial charge is 0.305 e. The van der Waals surface area contributed by atoms with Crippen LogP contribution in [-0.2, 0) is 0 Å². The lowest BCUT2D eigenvalue weighted by molar-refractivity contribution is 0.986. The van der Waals surface area contributed by atoms with Crippen LogP contribution in [0, 0.1) is 5.41 Å². The Bertz CT molecular complexity index is 500. The highest BCUT2D eigenvalue weighted by Gasteiger charge is 2.07. The van der Waals surface area contributed by atoms with Gasteiger partial charge in [0.05, 0.1) is 0 Å². The molecule has 0 atom stereocenters. The second kappa shape index (κ2) is 5.44. The number of hydrogen-bond donors (Lipinski definition) is 1. The molecule has 0 fully saturated rings. The molecule has 0 bridgehead atoms. The lowest BCUT2D eigenvalue weighted by Gasteiger charge is -2.10. The van der Waals surface area contributed by atoms with Crippen LogP contribution in [-0.4, -0.2) is 5.71 Å². The van der Waals surface area contributed by atoms with Gasteiger partial charge in [-0.25, -0.2) is 0 Å². The molecular formula is C16H17N. The van der Waals surface area contributed by atoms with Crippen molar-refractivity contribution in [2.45, 2.75) is 19.8 Å². The molecule has 2 aromatic rings. The summed E-state index contributed by atoms with van der Waals surface area (Å²) in [6, 6.07) is 18.5. The maximum absolute atomic E-state index is 8.12. The Hall–Kier alpha value is -1.89. The maximum Gasteiger partial charge on any atom is 0.0392 e. The first kappa shape index (κ1) is 11.6. The zero-order valence-corrected chi connectivity index (χ0v) is 10.1. The molecular weight excluding hydrogens is 206 g/mol. The fourth-order valence-electron chi connectivity index (χ4n) is 2.00. The smallest absolute Gasteiger partial charge is 0.0392 e. The predicted molar refractivity (Wildman–Crippen MR) is 73.6 cm³/mol. The Labute approximate surface area is 103 Å². The van der Waals surface area contributed by atoms with Crippen LogP contribution in [0.4, 0.5) is 0 Å². The second-order valence-electron chi connectivity index (χ2n) is 4.14. The van der Waals surface area contributed by atoms with Crippen LogP contribution in [0.15, 0.2) is 54.6 Å². The van der Waals surface area contributed by atoms with Gasteiger partial charge in [0.25, 0.3) is 0 Å². The Morgan fingerprint density at radius 3 is 2.29 bits per heavy atom. The molecule has 0 aliphatic heterocycles. The maximum atomic E-state index is 8.12. The fraction of sp³-hybridized carbons (Fsp3) is 0.188. The summed E-state index contributed by atoms with van der Waals surface area (Å²) in [5.41, 5.74) is 4.13. The highest BCUT2D eigenvalue weighted by Crippen LogP contribution is 2.24. The molecule has 0 aliphatic carbocycles.